The van der Waals surface area contributed by atoms with Crippen LogP contribution in [0.5, 0.6) is 0 Å². The summed E-state index contributed by atoms with van der Waals surface area (Å²) in [6, 6.07) is 17.1. The lowest BCUT2D eigenvalue weighted by atomic mass is 9.90. The van der Waals surface area contributed by atoms with Gasteiger partial charge >= 0.3 is 0 Å². The van der Waals surface area contributed by atoms with Crippen LogP contribution in [0.2, 0.25) is 0 Å². The molecule has 1 aliphatic carbocycles. The lowest BCUT2D eigenvalue weighted by Crippen LogP contribution is -2.07. The fraction of sp³-hybridized carbons (Fsp3) is 0.111. The summed E-state index contributed by atoms with van der Waals surface area (Å²) in [5, 5.41) is 0. The highest BCUT2D eigenvalue weighted by molar-refractivity contribution is 6.19. The van der Waals surface area contributed by atoms with Gasteiger partial charge in [-0.3, -0.25) is 9.59 Å². The van der Waals surface area contributed by atoms with Gasteiger partial charge in [0.15, 0.2) is 11.6 Å². The zero-order valence-electron chi connectivity index (χ0n) is 11.2. The predicted molar refractivity (Wildman–Crippen MR) is 78.6 cm³/mol. The highest BCUT2D eigenvalue weighted by Crippen LogP contribution is 2.43. The van der Waals surface area contributed by atoms with E-state index in [4.69, 9.17) is 0 Å². The van der Waals surface area contributed by atoms with Crippen molar-refractivity contribution in [3.05, 3.63) is 77.4 Å². The van der Waals surface area contributed by atoms with Crippen LogP contribution in [0.4, 0.5) is 0 Å². The molecule has 0 N–H and O–H groups in total. The standard InChI is InChI=1S/C18H14O2/c1-12(19)11-16-14-9-5-6-10-15(14)18(20)17(16)13-7-3-2-4-8-13/h2-11,17H,1H3. The predicted octanol–water partition coefficient (Wildman–Crippen LogP) is 3.64. The minimum Gasteiger partial charge on any atom is -0.295 e. The number of rotatable bonds is 2. The number of allylic oxidation sites excluding steroid dienone is 2. The topological polar surface area (TPSA) is 34.1 Å². The van der Waals surface area contributed by atoms with Crippen LogP contribution in [0.25, 0.3) is 5.57 Å². The number of carbonyl (C=O) groups is 2. The van der Waals surface area contributed by atoms with Crippen molar-refractivity contribution in [2.24, 2.45) is 0 Å². The van der Waals surface area contributed by atoms with Crippen LogP contribution in [-0.2, 0) is 4.79 Å². The van der Waals surface area contributed by atoms with Crippen molar-refractivity contribution < 1.29 is 9.59 Å². The van der Waals surface area contributed by atoms with Crippen molar-refractivity contribution in [2.45, 2.75) is 12.8 Å². The van der Waals surface area contributed by atoms with Crippen LogP contribution in [0.3, 0.4) is 0 Å². The maximum Gasteiger partial charge on any atom is 0.175 e. The summed E-state index contributed by atoms with van der Waals surface area (Å²) in [5.74, 6) is -0.331. The Bertz CT molecular complexity index is 711. The number of fused-ring (bicyclic) bond motifs is 1. The molecule has 1 aliphatic rings. The van der Waals surface area contributed by atoms with E-state index in [9.17, 15) is 9.59 Å². The first-order valence-corrected chi connectivity index (χ1v) is 6.59. The lowest BCUT2D eigenvalue weighted by Gasteiger charge is -2.11. The molecule has 1 unspecified atom stereocenters. The van der Waals surface area contributed by atoms with E-state index in [1.165, 1.54) is 6.92 Å². The maximum absolute atomic E-state index is 12.6. The van der Waals surface area contributed by atoms with E-state index in [-0.39, 0.29) is 17.5 Å². The average Bonchev–Trinajstić information content (AvgIpc) is 2.73. The zero-order chi connectivity index (χ0) is 14.1. The summed E-state index contributed by atoms with van der Waals surface area (Å²) in [6.07, 6.45) is 1.58. The first-order valence-electron chi connectivity index (χ1n) is 6.59. The Hall–Kier alpha value is -2.48. The molecular weight excluding hydrogens is 248 g/mol. The van der Waals surface area contributed by atoms with Gasteiger partial charge in [0.1, 0.15) is 0 Å². The largest absolute Gasteiger partial charge is 0.295 e. The molecule has 0 radical (unpaired) electrons. The molecule has 2 aromatic carbocycles. The highest BCUT2D eigenvalue weighted by atomic mass is 16.1. The summed E-state index contributed by atoms with van der Waals surface area (Å²) in [5.41, 5.74) is 3.32. The maximum atomic E-state index is 12.6. The van der Waals surface area contributed by atoms with E-state index in [1.54, 1.807) is 6.08 Å². The number of ketones is 2. The third-order valence-corrected chi connectivity index (χ3v) is 3.57. The second kappa shape index (κ2) is 4.89. The second-order valence-electron chi connectivity index (χ2n) is 4.96. The summed E-state index contributed by atoms with van der Waals surface area (Å²) < 4.78 is 0. The number of carbonyl (C=O) groups excluding carboxylic acids is 2. The van der Waals surface area contributed by atoms with E-state index in [0.717, 1.165) is 16.7 Å². The van der Waals surface area contributed by atoms with E-state index in [0.29, 0.717) is 5.56 Å². The van der Waals surface area contributed by atoms with Crippen molar-refractivity contribution in [1.29, 1.82) is 0 Å². The third kappa shape index (κ3) is 1.99. The normalized spacial score (nSPS) is 19.1. The molecule has 2 aromatic rings. The average molecular weight is 262 g/mol. The Kier molecular flexibility index (Phi) is 3.07. The Labute approximate surface area is 117 Å². The molecule has 0 saturated carbocycles. The summed E-state index contributed by atoms with van der Waals surface area (Å²) in [6.45, 7) is 1.51. The fourth-order valence-electron chi connectivity index (χ4n) is 2.76. The number of hydrogen-bond donors (Lipinski definition) is 0. The highest BCUT2D eigenvalue weighted by Gasteiger charge is 2.35. The molecule has 98 valence electrons. The quantitative estimate of drug-likeness (QED) is 0.774. The second-order valence-corrected chi connectivity index (χ2v) is 4.96. The number of benzene rings is 2. The van der Waals surface area contributed by atoms with Crippen molar-refractivity contribution in [3.8, 4) is 0 Å². The Balaban J connectivity index is 2.21. The van der Waals surface area contributed by atoms with Gasteiger partial charge in [-0.25, -0.2) is 0 Å². The van der Waals surface area contributed by atoms with Crippen molar-refractivity contribution in [1.82, 2.24) is 0 Å². The van der Waals surface area contributed by atoms with Crippen LogP contribution < -0.4 is 0 Å². The van der Waals surface area contributed by atoms with Crippen LogP contribution in [-0.4, -0.2) is 11.6 Å². The molecule has 2 heteroatoms. The first-order chi connectivity index (χ1) is 9.68. The van der Waals surface area contributed by atoms with Crippen molar-refractivity contribution in [2.75, 3.05) is 0 Å². The van der Waals surface area contributed by atoms with Gasteiger partial charge in [-0.15, -0.1) is 0 Å². The van der Waals surface area contributed by atoms with Crippen LogP contribution in [0.1, 0.15) is 34.3 Å². The van der Waals surface area contributed by atoms with Gasteiger partial charge in [-0.2, -0.15) is 0 Å². The van der Waals surface area contributed by atoms with Crippen LogP contribution >= 0.6 is 0 Å². The van der Waals surface area contributed by atoms with Gasteiger partial charge in [0, 0.05) is 5.56 Å². The van der Waals surface area contributed by atoms with Gasteiger partial charge < -0.3 is 0 Å². The van der Waals surface area contributed by atoms with Gasteiger partial charge in [0.05, 0.1) is 5.92 Å². The monoisotopic (exact) mass is 262 g/mol. The Morgan fingerprint density at radius 1 is 0.950 bits per heavy atom. The molecule has 0 fully saturated rings. The SMILES string of the molecule is CC(=O)C=C1c2ccccc2C(=O)C1c1ccccc1. The molecule has 0 amide bonds. The smallest absolute Gasteiger partial charge is 0.175 e. The van der Waals surface area contributed by atoms with Crippen molar-refractivity contribution in [3.63, 3.8) is 0 Å². The summed E-state index contributed by atoms with van der Waals surface area (Å²) in [7, 11) is 0. The Morgan fingerprint density at radius 2 is 1.55 bits per heavy atom. The minimum atomic E-state index is -0.363. The van der Waals surface area contributed by atoms with Gasteiger partial charge in [-0.05, 0) is 29.7 Å². The lowest BCUT2D eigenvalue weighted by molar-refractivity contribution is -0.112. The Morgan fingerprint density at radius 3 is 2.20 bits per heavy atom. The van der Waals surface area contributed by atoms with E-state index >= 15 is 0 Å². The minimum absolute atomic E-state index is 0.0366. The third-order valence-electron chi connectivity index (χ3n) is 3.57. The molecule has 1 atom stereocenters. The molecule has 2 nitrogen and oxygen atoms in total. The van der Waals surface area contributed by atoms with Crippen LogP contribution in [0.15, 0.2) is 60.7 Å². The summed E-state index contributed by atoms with van der Waals surface area (Å²) in [4.78, 5) is 24.1. The molecule has 20 heavy (non-hydrogen) atoms. The molecule has 0 saturated heterocycles. The van der Waals surface area contributed by atoms with E-state index < -0.39 is 0 Å². The molecule has 0 spiro atoms. The van der Waals surface area contributed by atoms with E-state index in [1.807, 2.05) is 54.6 Å². The van der Waals surface area contributed by atoms with Gasteiger partial charge in [-0.1, -0.05) is 54.6 Å². The van der Waals surface area contributed by atoms with E-state index in [2.05, 4.69) is 0 Å². The fourth-order valence-corrected chi connectivity index (χ4v) is 2.76. The molecular formula is C18H14O2. The molecule has 0 bridgehead atoms. The van der Waals surface area contributed by atoms with Crippen LogP contribution in [0, 0.1) is 0 Å². The molecule has 0 heterocycles. The number of hydrogen-bond acceptors (Lipinski definition) is 2. The molecule has 0 aromatic heterocycles. The van der Waals surface area contributed by atoms with Crippen molar-refractivity contribution >= 4 is 17.1 Å². The first kappa shape index (κ1) is 12.5. The molecule has 0 aliphatic heterocycles. The number of Topliss-reactive ketones (excluding diaryl/α,β-unsaturated/α-hetero) is 1. The zero-order valence-corrected chi connectivity index (χ0v) is 11.2. The van der Waals surface area contributed by atoms with Gasteiger partial charge in [0.25, 0.3) is 0 Å². The molecule has 3 rings (SSSR count). The van der Waals surface area contributed by atoms with Gasteiger partial charge in [0.2, 0.25) is 0 Å². The summed E-state index contributed by atoms with van der Waals surface area (Å²) >= 11 is 0.